The van der Waals surface area contributed by atoms with E-state index in [9.17, 15) is 13.2 Å². The summed E-state index contributed by atoms with van der Waals surface area (Å²) in [5, 5.41) is 4.50. The summed E-state index contributed by atoms with van der Waals surface area (Å²) in [6, 6.07) is 14.5. The van der Waals surface area contributed by atoms with Crippen LogP contribution < -0.4 is 11.1 Å². The lowest BCUT2D eigenvalue weighted by atomic mass is 9.88. The molecule has 1 aromatic heterocycles. The molecular formula is C28H36N4O3S. The van der Waals surface area contributed by atoms with Gasteiger partial charge in [-0.25, -0.2) is 12.7 Å². The molecule has 2 fully saturated rings. The first-order valence-electron chi connectivity index (χ1n) is 13.1. The van der Waals surface area contributed by atoms with Crippen LogP contribution in [0.1, 0.15) is 66.8 Å². The number of aromatic amines is 1. The zero-order valence-corrected chi connectivity index (χ0v) is 21.5. The molecule has 2 heterocycles. The predicted molar refractivity (Wildman–Crippen MR) is 144 cm³/mol. The van der Waals surface area contributed by atoms with Crippen LogP contribution in [0.5, 0.6) is 0 Å². The molecule has 1 saturated heterocycles. The van der Waals surface area contributed by atoms with Crippen molar-refractivity contribution in [3.05, 3.63) is 59.8 Å². The molecule has 3 aromatic rings. The maximum Gasteiger partial charge on any atom is 0.250 e. The van der Waals surface area contributed by atoms with Crippen LogP contribution in [0, 0.1) is 0 Å². The fourth-order valence-corrected chi connectivity index (χ4v) is 7.38. The second kappa shape index (κ2) is 10.7. The van der Waals surface area contributed by atoms with Gasteiger partial charge in [0, 0.05) is 30.7 Å². The van der Waals surface area contributed by atoms with E-state index in [-0.39, 0.29) is 11.7 Å². The van der Waals surface area contributed by atoms with Gasteiger partial charge in [0.05, 0.1) is 16.8 Å². The highest BCUT2D eigenvalue weighted by molar-refractivity contribution is 7.89. The zero-order chi connectivity index (χ0) is 25.1. The number of nitrogens with one attached hydrogen (secondary N) is 2. The molecule has 0 bridgehead atoms. The van der Waals surface area contributed by atoms with Gasteiger partial charge in [-0.05, 0) is 73.4 Å². The molecule has 1 aliphatic heterocycles. The quantitative estimate of drug-likeness (QED) is 0.373. The fourth-order valence-electron chi connectivity index (χ4n) is 5.85. The molecule has 4 N–H and O–H groups in total. The van der Waals surface area contributed by atoms with E-state index >= 15 is 0 Å². The number of hydrogen-bond acceptors (Lipinski definition) is 4. The molecule has 2 aromatic carbocycles. The second-order valence-corrected chi connectivity index (χ2v) is 12.3. The van der Waals surface area contributed by atoms with Gasteiger partial charge >= 0.3 is 0 Å². The lowest BCUT2D eigenvalue weighted by Crippen LogP contribution is -2.40. The van der Waals surface area contributed by atoms with E-state index in [0.29, 0.717) is 31.1 Å². The molecule has 2 aliphatic rings. The van der Waals surface area contributed by atoms with Crippen molar-refractivity contribution in [3.8, 4) is 11.1 Å². The molecule has 1 amide bonds. The number of carbonyl (C=O) groups excluding carboxylic acids is 1. The molecule has 0 unspecified atom stereocenters. The van der Waals surface area contributed by atoms with E-state index in [2.05, 4.69) is 16.4 Å². The molecule has 7 nitrogen and oxygen atoms in total. The van der Waals surface area contributed by atoms with Crippen molar-refractivity contribution < 1.29 is 13.2 Å². The van der Waals surface area contributed by atoms with Crippen molar-refractivity contribution in [1.29, 1.82) is 0 Å². The van der Waals surface area contributed by atoms with Crippen LogP contribution in [0.25, 0.3) is 22.0 Å². The number of piperidine rings is 1. The van der Waals surface area contributed by atoms with Gasteiger partial charge in [-0.15, -0.1) is 0 Å². The van der Waals surface area contributed by atoms with Crippen molar-refractivity contribution in [1.82, 2.24) is 14.6 Å². The van der Waals surface area contributed by atoms with Crippen LogP contribution in [0.2, 0.25) is 0 Å². The molecule has 1 saturated carbocycles. The number of H-pyrrole nitrogens is 1. The molecule has 8 heteroatoms. The number of sulfonamides is 1. The number of primary amides is 1. The number of benzene rings is 2. The summed E-state index contributed by atoms with van der Waals surface area (Å²) in [5.41, 5.74) is 10.1. The third-order valence-corrected chi connectivity index (χ3v) is 9.80. The number of rotatable bonds is 9. The van der Waals surface area contributed by atoms with Crippen molar-refractivity contribution in [3.63, 3.8) is 0 Å². The monoisotopic (exact) mass is 508 g/mol. The van der Waals surface area contributed by atoms with Gasteiger partial charge in [0.15, 0.2) is 0 Å². The highest BCUT2D eigenvalue weighted by Gasteiger charge is 2.30. The first-order chi connectivity index (χ1) is 17.4. The van der Waals surface area contributed by atoms with Gasteiger partial charge in [0.1, 0.15) is 0 Å². The molecule has 36 heavy (non-hydrogen) atoms. The summed E-state index contributed by atoms with van der Waals surface area (Å²) in [6.07, 6.45) is 9.11. The molecular weight excluding hydrogens is 472 g/mol. The Bertz CT molecular complexity index is 1310. The minimum atomic E-state index is -3.25. The maximum absolute atomic E-state index is 12.9. The topological polar surface area (TPSA) is 108 Å². The van der Waals surface area contributed by atoms with E-state index in [4.69, 9.17) is 5.73 Å². The Balaban J connectivity index is 1.27. The van der Waals surface area contributed by atoms with Gasteiger partial charge < -0.3 is 16.0 Å². The zero-order valence-electron chi connectivity index (χ0n) is 20.7. The smallest absolute Gasteiger partial charge is 0.250 e. The Hall–Kier alpha value is -2.68. The average Bonchev–Trinajstić information content (AvgIpc) is 3.57. The van der Waals surface area contributed by atoms with E-state index in [1.165, 1.54) is 25.7 Å². The third kappa shape index (κ3) is 5.36. The normalized spacial score (nSPS) is 18.2. The summed E-state index contributed by atoms with van der Waals surface area (Å²) in [6.45, 7) is 1.81. The SMILES string of the molecule is NC(=O)c1cc(-c2ccccc2)cc2c(C3CCN(S(=O)(=O)CCCNC4CCCC4)CC3)c[nH]c12. The van der Waals surface area contributed by atoms with Gasteiger partial charge in [0.2, 0.25) is 10.0 Å². The van der Waals surface area contributed by atoms with Crippen LogP contribution in [0.3, 0.4) is 0 Å². The fraction of sp³-hybridized carbons (Fsp3) is 0.464. The standard InChI is InChI=1S/C28H36N4O3S/c29-28(33)25-18-22(20-7-2-1-3-8-20)17-24-26(19-31-27(24)25)21-11-14-32(15-12-21)36(34,35)16-6-13-30-23-9-4-5-10-23/h1-3,7-8,17-19,21,23,30-31H,4-6,9-16H2,(H2,29,33). The lowest BCUT2D eigenvalue weighted by Gasteiger charge is -2.31. The lowest BCUT2D eigenvalue weighted by molar-refractivity contribution is 0.100. The van der Waals surface area contributed by atoms with Crippen LogP contribution in [-0.4, -0.2) is 55.0 Å². The van der Waals surface area contributed by atoms with Gasteiger partial charge in [0.25, 0.3) is 5.91 Å². The number of fused-ring (bicyclic) bond motifs is 1. The Morgan fingerprint density at radius 3 is 2.44 bits per heavy atom. The number of hydrogen-bond donors (Lipinski definition) is 3. The van der Waals surface area contributed by atoms with Crippen molar-refractivity contribution >= 4 is 26.8 Å². The molecule has 1 aliphatic carbocycles. The number of aromatic nitrogens is 1. The third-order valence-electron chi connectivity index (χ3n) is 7.85. The first-order valence-corrected chi connectivity index (χ1v) is 14.7. The van der Waals surface area contributed by atoms with Crippen LogP contribution >= 0.6 is 0 Å². The minimum Gasteiger partial charge on any atom is -0.366 e. The highest BCUT2D eigenvalue weighted by Crippen LogP contribution is 2.37. The van der Waals surface area contributed by atoms with Crippen LogP contribution in [0.4, 0.5) is 0 Å². The molecule has 192 valence electrons. The molecule has 5 rings (SSSR count). The summed E-state index contributed by atoms with van der Waals surface area (Å²) in [4.78, 5) is 15.5. The number of carbonyl (C=O) groups is 1. The average molecular weight is 509 g/mol. The Morgan fingerprint density at radius 1 is 1.03 bits per heavy atom. The van der Waals surface area contributed by atoms with Crippen LogP contribution in [0.15, 0.2) is 48.7 Å². The largest absolute Gasteiger partial charge is 0.366 e. The van der Waals surface area contributed by atoms with E-state index in [1.54, 1.807) is 4.31 Å². The van der Waals surface area contributed by atoms with Crippen molar-refractivity contribution in [2.45, 2.75) is 56.9 Å². The Labute approximate surface area is 213 Å². The summed E-state index contributed by atoms with van der Waals surface area (Å²) >= 11 is 0. The second-order valence-electron chi connectivity index (χ2n) is 10.2. The molecule has 0 spiro atoms. The van der Waals surface area contributed by atoms with Gasteiger partial charge in [-0.1, -0.05) is 43.2 Å². The maximum atomic E-state index is 12.9. The number of nitrogens with zero attached hydrogens (tertiary/aromatic N) is 1. The van der Waals surface area contributed by atoms with Crippen molar-refractivity contribution in [2.24, 2.45) is 5.73 Å². The summed E-state index contributed by atoms with van der Waals surface area (Å²) in [5.74, 6) is -0.0390. The number of amides is 1. The highest BCUT2D eigenvalue weighted by atomic mass is 32.2. The predicted octanol–water partition coefficient (Wildman–Crippen LogP) is 4.37. The summed E-state index contributed by atoms with van der Waals surface area (Å²) in [7, 11) is -3.25. The van der Waals surface area contributed by atoms with Gasteiger partial charge in [-0.2, -0.15) is 0 Å². The Morgan fingerprint density at radius 2 is 1.75 bits per heavy atom. The van der Waals surface area contributed by atoms with E-state index < -0.39 is 15.9 Å². The van der Waals surface area contributed by atoms with Crippen LogP contribution in [-0.2, 0) is 10.0 Å². The summed E-state index contributed by atoms with van der Waals surface area (Å²) < 4.78 is 27.6. The van der Waals surface area contributed by atoms with E-state index in [0.717, 1.165) is 47.0 Å². The first kappa shape index (κ1) is 25.0. The number of nitrogens with two attached hydrogens (primary N) is 1. The van der Waals surface area contributed by atoms with Gasteiger partial charge in [-0.3, -0.25) is 4.79 Å². The Kier molecular flexibility index (Phi) is 7.46. The molecule has 0 radical (unpaired) electrons. The van der Waals surface area contributed by atoms with E-state index in [1.807, 2.05) is 42.6 Å². The molecule has 0 atom stereocenters. The van der Waals surface area contributed by atoms with Crippen molar-refractivity contribution in [2.75, 3.05) is 25.4 Å². The minimum absolute atomic E-state index is 0.201.